The van der Waals surface area contributed by atoms with Crippen molar-refractivity contribution in [2.75, 3.05) is 23.8 Å². The molecule has 0 fully saturated rings. The van der Waals surface area contributed by atoms with E-state index in [2.05, 4.69) is 20.6 Å². The monoisotopic (exact) mass is 524 g/mol. The predicted molar refractivity (Wildman–Crippen MR) is 121 cm³/mol. The van der Waals surface area contributed by atoms with E-state index in [9.17, 15) is 26.7 Å². The molecule has 7 nitrogen and oxygen atoms in total. The molecule has 36 heavy (non-hydrogen) atoms. The number of aromatic amines is 1. The highest BCUT2D eigenvalue weighted by molar-refractivity contribution is 6.33. The van der Waals surface area contributed by atoms with Gasteiger partial charge in [-0.2, -0.15) is 13.2 Å². The molecular weight excluding hydrogens is 511 g/mol. The van der Waals surface area contributed by atoms with Crippen molar-refractivity contribution in [3.8, 4) is 11.5 Å². The number of fused-ring (bicyclic) bond motifs is 3. The van der Waals surface area contributed by atoms with Crippen LogP contribution in [0.25, 0.3) is 11.0 Å². The van der Waals surface area contributed by atoms with Gasteiger partial charge in [-0.1, -0.05) is 17.7 Å². The van der Waals surface area contributed by atoms with E-state index >= 15 is 0 Å². The number of rotatable bonds is 4. The molecule has 3 N–H and O–H groups in total. The largest absolute Gasteiger partial charge is 0.485 e. The van der Waals surface area contributed by atoms with E-state index < -0.39 is 35.0 Å². The molecule has 0 atom stereocenters. The van der Waals surface area contributed by atoms with Gasteiger partial charge in [-0.25, -0.2) is 13.8 Å². The molecule has 0 saturated heterocycles. The minimum absolute atomic E-state index is 0.0119. The van der Waals surface area contributed by atoms with Crippen LogP contribution < -0.4 is 20.1 Å². The molecule has 1 aliphatic heterocycles. The summed E-state index contributed by atoms with van der Waals surface area (Å²) >= 11 is 6.05. The van der Waals surface area contributed by atoms with E-state index in [-0.39, 0.29) is 52.5 Å². The lowest BCUT2D eigenvalue weighted by Gasteiger charge is -2.21. The Morgan fingerprint density at radius 1 is 1.06 bits per heavy atom. The summed E-state index contributed by atoms with van der Waals surface area (Å²) < 4.78 is 78.4. The standard InChI is InChI=1S/C23H14ClF5N4O3/c24-14-2-1-3-15(26)17(14)32-22-31-16-9-13(19-20(18(16)33-22)36-5-4-35-19)21(34)30-12-7-10(23(27,28)29)6-11(25)8-12/h1-3,6-9H,4-5H2,(H,30,34)(H2,31,32,33). The molecule has 0 radical (unpaired) electrons. The zero-order valence-corrected chi connectivity index (χ0v) is 18.7. The van der Waals surface area contributed by atoms with Crippen LogP contribution in [0, 0.1) is 11.6 Å². The van der Waals surface area contributed by atoms with Crippen LogP contribution in [-0.2, 0) is 6.18 Å². The number of imidazole rings is 1. The lowest BCUT2D eigenvalue weighted by Crippen LogP contribution is -2.21. The number of hydrogen-bond donors (Lipinski definition) is 3. The van der Waals surface area contributed by atoms with Crippen molar-refractivity contribution >= 4 is 45.9 Å². The SMILES string of the molecule is O=C(Nc1cc(F)cc(C(F)(F)F)c1)c1cc2nc(Nc3c(F)cccc3Cl)[nH]c2c2c1OCCO2. The second-order valence-electron chi connectivity index (χ2n) is 7.66. The van der Waals surface area contributed by atoms with E-state index in [1.54, 1.807) is 0 Å². The van der Waals surface area contributed by atoms with Crippen LogP contribution in [0.5, 0.6) is 11.5 Å². The number of anilines is 3. The van der Waals surface area contributed by atoms with E-state index in [4.69, 9.17) is 21.1 Å². The second-order valence-corrected chi connectivity index (χ2v) is 8.07. The average Bonchev–Trinajstić information content (AvgIpc) is 3.23. The molecule has 1 amide bonds. The van der Waals surface area contributed by atoms with Gasteiger partial charge in [-0.3, -0.25) is 4.79 Å². The molecule has 0 aliphatic carbocycles. The van der Waals surface area contributed by atoms with Crippen LogP contribution in [0.1, 0.15) is 15.9 Å². The maximum Gasteiger partial charge on any atom is 0.416 e. The molecule has 2 heterocycles. The van der Waals surface area contributed by atoms with E-state index in [0.717, 1.165) is 6.07 Å². The second kappa shape index (κ2) is 8.86. The van der Waals surface area contributed by atoms with Gasteiger partial charge < -0.3 is 25.1 Å². The number of amides is 1. The summed E-state index contributed by atoms with van der Waals surface area (Å²) in [6.45, 7) is 0.244. The first kappa shape index (κ1) is 23.7. The maximum absolute atomic E-state index is 14.2. The number of hydrogen-bond acceptors (Lipinski definition) is 5. The minimum atomic E-state index is -4.81. The summed E-state index contributed by atoms with van der Waals surface area (Å²) in [6.07, 6.45) is -4.81. The number of para-hydroxylation sites is 1. The first-order valence-corrected chi connectivity index (χ1v) is 10.7. The van der Waals surface area contributed by atoms with Crippen LogP contribution in [0.2, 0.25) is 5.02 Å². The molecule has 186 valence electrons. The van der Waals surface area contributed by atoms with Crippen molar-refractivity contribution in [3.05, 3.63) is 70.2 Å². The summed E-state index contributed by atoms with van der Waals surface area (Å²) in [7, 11) is 0. The van der Waals surface area contributed by atoms with Crippen molar-refractivity contribution in [2.45, 2.75) is 6.18 Å². The first-order chi connectivity index (χ1) is 17.1. The van der Waals surface area contributed by atoms with Gasteiger partial charge in [0.1, 0.15) is 30.4 Å². The molecule has 0 unspecified atom stereocenters. The van der Waals surface area contributed by atoms with Crippen LogP contribution in [-0.4, -0.2) is 29.1 Å². The highest BCUT2D eigenvalue weighted by Crippen LogP contribution is 2.41. The van der Waals surface area contributed by atoms with E-state index in [1.165, 1.54) is 24.3 Å². The van der Waals surface area contributed by atoms with Crippen molar-refractivity contribution in [1.82, 2.24) is 9.97 Å². The topological polar surface area (TPSA) is 88.3 Å². The molecule has 4 aromatic rings. The number of alkyl halides is 3. The zero-order valence-electron chi connectivity index (χ0n) is 17.9. The lowest BCUT2D eigenvalue weighted by molar-refractivity contribution is -0.137. The Kier molecular flexibility index (Phi) is 5.83. The summed E-state index contributed by atoms with van der Waals surface area (Å²) in [4.78, 5) is 20.2. The molecule has 0 spiro atoms. The summed E-state index contributed by atoms with van der Waals surface area (Å²) in [5, 5.41) is 5.09. The van der Waals surface area contributed by atoms with Crippen molar-refractivity contribution in [3.63, 3.8) is 0 Å². The number of halogens is 6. The van der Waals surface area contributed by atoms with Gasteiger partial charge in [0.05, 0.1) is 27.4 Å². The Hall–Kier alpha value is -4.06. The van der Waals surface area contributed by atoms with Crippen molar-refractivity contribution < 1.29 is 36.2 Å². The number of nitrogens with zero attached hydrogens (tertiary/aromatic N) is 1. The quantitative estimate of drug-likeness (QED) is 0.273. The lowest BCUT2D eigenvalue weighted by atomic mass is 10.1. The van der Waals surface area contributed by atoms with E-state index in [0.29, 0.717) is 17.6 Å². The van der Waals surface area contributed by atoms with Crippen molar-refractivity contribution in [1.29, 1.82) is 0 Å². The van der Waals surface area contributed by atoms with Crippen LogP contribution in [0.4, 0.5) is 39.3 Å². The van der Waals surface area contributed by atoms with Crippen LogP contribution in [0.3, 0.4) is 0 Å². The summed E-state index contributed by atoms with van der Waals surface area (Å²) in [5.41, 5.74) is -1.29. The summed E-state index contributed by atoms with van der Waals surface area (Å²) in [6, 6.07) is 7.11. The fraction of sp³-hybridized carbons (Fsp3) is 0.130. The number of carbonyl (C=O) groups is 1. The number of aromatic nitrogens is 2. The molecule has 13 heteroatoms. The number of H-pyrrole nitrogens is 1. The normalized spacial score (nSPS) is 13.1. The van der Waals surface area contributed by atoms with Gasteiger partial charge in [0.15, 0.2) is 11.5 Å². The average molecular weight is 525 g/mol. The molecule has 3 aromatic carbocycles. The van der Waals surface area contributed by atoms with Gasteiger partial charge in [-0.05, 0) is 36.4 Å². The Labute approximate surface area is 204 Å². The van der Waals surface area contributed by atoms with Crippen LogP contribution >= 0.6 is 11.6 Å². The van der Waals surface area contributed by atoms with E-state index in [1.807, 2.05) is 0 Å². The molecule has 0 bridgehead atoms. The zero-order chi connectivity index (χ0) is 25.6. The number of ether oxygens (including phenoxy) is 2. The van der Waals surface area contributed by atoms with Gasteiger partial charge in [0.2, 0.25) is 5.95 Å². The third kappa shape index (κ3) is 4.47. The smallest absolute Gasteiger partial charge is 0.416 e. The highest BCUT2D eigenvalue weighted by Gasteiger charge is 2.32. The molecular formula is C23H14ClF5N4O3. The number of carbonyl (C=O) groups excluding carboxylic acids is 1. The maximum atomic E-state index is 14.2. The van der Waals surface area contributed by atoms with Gasteiger partial charge >= 0.3 is 6.18 Å². The van der Waals surface area contributed by atoms with Gasteiger partial charge in [-0.15, -0.1) is 0 Å². The number of benzene rings is 3. The van der Waals surface area contributed by atoms with Gasteiger partial charge in [0.25, 0.3) is 5.91 Å². The minimum Gasteiger partial charge on any atom is -0.485 e. The highest BCUT2D eigenvalue weighted by atomic mass is 35.5. The van der Waals surface area contributed by atoms with Crippen LogP contribution in [0.15, 0.2) is 42.5 Å². The Morgan fingerprint density at radius 3 is 2.53 bits per heavy atom. The summed E-state index contributed by atoms with van der Waals surface area (Å²) in [5.74, 6) is -2.47. The predicted octanol–water partition coefficient (Wildman–Crippen LogP) is 6.28. The number of nitrogens with one attached hydrogen (secondary N) is 3. The Bertz CT molecular complexity index is 1490. The fourth-order valence-corrected chi connectivity index (χ4v) is 3.87. The molecule has 1 aliphatic rings. The molecule has 1 aromatic heterocycles. The Morgan fingerprint density at radius 2 is 1.81 bits per heavy atom. The van der Waals surface area contributed by atoms with Gasteiger partial charge in [0, 0.05) is 5.69 Å². The van der Waals surface area contributed by atoms with Crippen molar-refractivity contribution in [2.24, 2.45) is 0 Å². The third-order valence-corrected chi connectivity index (χ3v) is 5.52. The molecule has 0 saturated carbocycles. The fourth-order valence-electron chi connectivity index (χ4n) is 3.66. The molecule has 5 rings (SSSR count). The first-order valence-electron chi connectivity index (χ1n) is 10.3. The third-order valence-electron chi connectivity index (χ3n) is 5.20. The Balaban J connectivity index is 1.53.